The lowest BCUT2D eigenvalue weighted by Gasteiger charge is -2.17. The van der Waals surface area contributed by atoms with Crippen LogP contribution in [0.5, 0.6) is 0 Å². The molecular formula is C12H22IN3S. The van der Waals surface area contributed by atoms with Crippen LogP contribution in [0.1, 0.15) is 32.3 Å². The molecule has 17 heavy (non-hydrogen) atoms. The minimum atomic E-state index is 0. The van der Waals surface area contributed by atoms with Crippen molar-refractivity contribution in [3.63, 3.8) is 0 Å². The van der Waals surface area contributed by atoms with E-state index >= 15 is 0 Å². The normalized spacial score (nSPS) is 13.1. The first kappa shape index (κ1) is 16.7. The summed E-state index contributed by atoms with van der Waals surface area (Å²) in [6, 6.07) is 2.58. The van der Waals surface area contributed by atoms with Gasteiger partial charge in [-0.15, -0.1) is 24.0 Å². The van der Waals surface area contributed by atoms with Gasteiger partial charge >= 0.3 is 0 Å². The number of nitrogens with zero attached hydrogens (tertiary/aromatic N) is 1. The van der Waals surface area contributed by atoms with Crippen molar-refractivity contribution >= 4 is 41.3 Å². The molecule has 1 unspecified atom stereocenters. The number of rotatable bonds is 4. The van der Waals surface area contributed by atoms with Gasteiger partial charge in [0.05, 0.1) is 0 Å². The molecule has 0 saturated heterocycles. The highest BCUT2D eigenvalue weighted by Gasteiger charge is 2.07. The Labute approximate surface area is 125 Å². The third-order valence-corrected chi connectivity index (χ3v) is 3.04. The number of aliphatic imine (C=N–C) groups is 1. The van der Waals surface area contributed by atoms with Gasteiger partial charge in [0.25, 0.3) is 0 Å². The molecule has 1 atom stereocenters. The zero-order valence-electron chi connectivity index (χ0n) is 10.9. The van der Waals surface area contributed by atoms with Crippen LogP contribution in [-0.2, 0) is 0 Å². The second-order valence-corrected chi connectivity index (χ2v) is 4.99. The summed E-state index contributed by atoms with van der Waals surface area (Å²) in [6.45, 7) is 7.34. The fourth-order valence-corrected chi connectivity index (χ4v) is 2.17. The summed E-state index contributed by atoms with van der Waals surface area (Å²) in [5.41, 5.74) is 1.39. The van der Waals surface area contributed by atoms with Gasteiger partial charge in [0.2, 0.25) is 0 Å². The van der Waals surface area contributed by atoms with Gasteiger partial charge < -0.3 is 10.6 Å². The van der Waals surface area contributed by atoms with Crippen LogP contribution in [0.4, 0.5) is 0 Å². The number of nitrogens with one attached hydrogen (secondary N) is 2. The molecule has 1 rings (SSSR count). The second-order valence-electron chi connectivity index (χ2n) is 4.21. The molecule has 0 aliphatic carbocycles. The molecule has 0 spiro atoms. The van der Waals surface area contributed by atoms with Gasteiger partial charge in [-0.3, -0.25) is 4.99 Å². The molecule has 0 aliphatic heterocycles. The summed E-state index contributed by atoms with van der Waals surface area (Å²) < 4.78 is 0. The van der Waals surface area contributed by atoms with Crippen LogP contribution in [-0.4, -0.2) is 25.6 Å². The molecule has 3 nitrogen and oxygen atoms in total. The third kappa shape index (κ3) is 6.26. The molecule has 1 heterocycles. The first-order chi connectivity index (χ1) is 7.63. The molecule has 0 saturated carbocycles. The molecule has 0 fully saturated rings. The average molecular weight is 367 g/mol. The second kappa shape index (κ2) is 8.74. The number of hydrogen-bond donors (Lipinski definition) is 2. The van der Waals surface area contributed by atoms with Crippen LogP contribution in [0.3, 0.4) is 0 Å². The summed E-state index contributed by atoms with van der Waals surface area (Å²) in [6.07, 6.45) is 0. The van der Waals surface area contributed by atoms with E-state index in [1.165, 1.54) is 5.56 Å². The molecule has 0 aliphatic rings. The molecule has 0 aromatic carbocycles. The Morgan fingerprint density at radius 1 is 1.41 bits per heavy atom. The van der Waals surface area contributed by atoms with Crippen LogP contribution in [0.2, 0.25) is 0 Å². The molecule has 2 N–H and O–H groups in total. The van der Waals surface area contributed by atoms with E-state index in [1.807, 2.05) is 0 Å². The fraction of sp³-hybridized carbons (Fsp3) is 0.583. The summed E-state index contributed by atoms with van der Waals surface area (Å²) in [5.74, 6) is 1.38. The highest BCUT2D eigenvalue weighted by molar-refractivity contribution is 14.0. The standard InChI is InChI=1S/C12H21N3S.HI/c1-9(2)15-12(13-4)14-7-10(3)11-5-6-16-8-11;/h5-6,8-10H,7H2,1-4H3,(H2,13,14,15);1H. The number of hydrogen-bond acceptors (Lipinski definition) is 2. The number of guanidine groups is 1. The maximum Gasteiger partial charge on any atom is 0.191 e. The Bertz CT molecular complexity index is 323. The van der Waals surface area contributed by atoms with Crippen LogP contribution < -0.4 is 10.6 Å². The van der Waals surface area contributed by atoms with E-state index in [0.717, 1.165) is 12.5 Å². The minimum Gasteiger partial charge on any atom is -0.356 e. The highest BCUT2D eigenvalue weighted by Crippen LogP contribution is 2.16. The van der Waals surface area contributed by atoms with Crippen molar-refractivity contribution in [3.05, 3.63) is 22.4 Å². The van der Waals surface area contributed by atoms with Crippen LogP contribution in [0, 0.1) is 0 Å². The monoisotopic (exact) mass is 367 g/mol. The van der Waals surface area contributed by atoms with Gasteiger partial charge in [-0.05, 0) is 42.2 Å². The maximum atomic E-state index is 4.18. The molecule has 1 aromatic rings. The number of thiophene rings is 1. The first-order valence-electron chi connectivity index (χ1n) is 5.62. The summed E-state index contributed by atoms with van der Waals surface area (Å²) in [7, 11) is 1.80. The van der Waals surface area contributed by atoms with Crippen molar-refractivity contribution in [2.45, 2.75) is 32.7 Å². The Balaban J connectivity index is 0.00000256. The Kier molecular flexibility index (Phi) is 8.59. The summed E-state index contributed by atoms with van der Waals surface area (Å²) >= 11 is 1.74. The molecule has 0 bridgehead atoms. The molecule has 1 aromatic heterocycles. The Morgan fingerprint density at radius 3 is 2.59 bits per heavy atom. The van der Waals surface area contributed by atoms with Crippen molar-refractivity contribution in [2.24, 2.45) is 4.99 Å². The summed E-state index contributed by atoms with van der Waals surface area (Å²) in [5, 5.41) is 10.9. The van der Waals surface area contributed by atoms with E-state index in [0.29, 0.717) is 12.0 Å². The van der Waals surface area contributed by atoms with Crippen molar-refractivity contribution in [1.29, 1.82) is 0 Å². The Hall–Kier alpha value is -0.300. The number of halogens is 1. The van der Waals surface area contributed by atoms with Crippen molar-refractivity contribution < 1.29 is 0 Å². The lowest BCUT2D eigenvalue weighted by Crippen LogP contribution is -2.42. The van der Waals surface area contributed by atoms with Crippen LogP contribution >= 0.6 is 35.3 Å². The maximum absolute atomic E-state index is 4.18. The molecular weight excluding hydrogens is 345 g/mol. The predicted octanol–water partition coefficient (Wildman–Crippen LogP) is 3.04. The zero-order valence-corrected chi connectivity index (χ0v) is 14.0. The van der Waals surface area contributed by atoms with E-state index in [4.69, 9.17) is 0 Å². The lowest BCUT2D eigenvalue weighted by molar-refractivity contribution is 0.667. The molecule has 0 amide bonds. The van der Waals surface area contributed by atoms with E-state index in [-0.39, 0.29) is 24.0 Å². The quantitative estimate of drug-likeness (QED) is 0.488. The van der Waals surface area contributed by atoms with Gasteiger partial charge in [-0.1, -0.05) is 6.92 Å². The third-order valence-electron chi connectivity index (χ3n) is 2.34. The van der Waals surface area contributed by atoms with Crippen molar-refractivity contribution in [3.8, 4) is 0 Å². The molecule has 0 radical (unpaired) electrons. The van der Waals surface area contributed by atoms with Crippen LogP contribution in [0.15, 0.2) is 21.8 Å². The van der Waals surface area contributed by atoms with Crippen LogP contribution in [0.25, 0.3) is 0 Å². The van der Waals surface area contributed by atoms with Gasteiger partial charge in [0, 0.05) is 19.6 Å². The van der Waals surface area contributed by atoms with Crippen molar-refractivity contribution in [1.82, 2.24) is 10.6 Å². The lowest BCUT2D eigenvalue weighted by atomic mass is 10.1. The highest BCUT2D eigenvalue weighted by atomic mass is 127. The van der Waals surface area contributed by atoms with Gasteiger partial charge in [-0.25, -0.2) is 0 Å². The van der Waals surface area contributed by atoms with Gasteiger partial charge in [-0.2, -0.15) is 11.3 Å². The largest absolute Gasteiger partial charge is 0.356 e. The van der Waals surface area contributed by atoms with E-state index in [1.54, 1.807) is 18.4 Å². The Morgan fingerprint density at radius 2 is 2.12 bits per heavy atom. The minimum absolute atomic E-state index is 0. The SMILES string of the molecule is CN=C(NCC(C)c1ccsc1)NC(C)C.I. The van der Waals surface area contributed by atoms with E-state index < -0.39 is 0 Å². The van der Waals surface area contributed by atoms with Crippen molar-refractivity contribution in [2.75, 3.05) is 13.6 Å². The summed E-state index contributed by atoms with van der Waals surface area (Å²) in [4.78, 5) is 4.18. The molecule has 98 valence electrons. The first-order valence-corrected chi connectivity index (χ1v) is 6.57. The smallest absolute Gasteiger partial charge is 0.191 e. The van der Waals surface area contributed by atoms with E-state index in [2.05, 4.69) is 53.2 Å². The van der Waals surface area contributed by atoms with E-state index in [9.17, 15) is 0 Å². The molecule has 5 heteroatoms. The predicted molar refractivity (Wildman–Crippen MR) is 87.8 cm³/mol. The fourth-order valence-electron chi connectivity index (χ4n) is 1.39. The zero-order chi connectivity index (χ0) is 12.0. The topological polar surface area (TPSA) is 36.4 Å². The van der Waals surface area contributed by atoms with Gasteiger partial charge in [0.15, 0.2) is 5.96 Å². The van der Waals surface area contributed by atoms with Gasteiger partial charge in [0.1, 0.15) is 0 Å². The average Bonchev–Trinajstić information content (AvgIpc) is 2.76.